The van der Waals surface area contributed by atoms with Gasteiger partial charge in [-0.3, -0.25) is 0 Å². The lowest BCUT2D eigenvalue weighted by Crippen LogP contribution is -2.17. The van der Waals surface area contributed by atoms with Gasteiger partial charge in [0.05, 0.1) is 11.6 Å². The Labute approximate surface area is 130 Å². The average molecular weight is 318 g/mol. The lowest BCUT2D eigenvalue weighted by atomic mass is 10.2. The van der Waals surface area contributed by atoms with Gasteiger partial charge in [-0.2, -0.15) is 0 Å². The molecule has 0 aromatic heterocycles. The lowest BCUT2D eigenvalue weighted by Gasteiger charge is -2.14. The van der Waals surface area contributed by atoms with Crippen molar-refractivity contribution in [2.45, 2.75) is 38.8 Å². The van der Waals surface area contributed by atoms with Crippen LogP contribution in [0.5, 0.6) is 5.75 Å². The summed E-state index contributed by atoms with van der Waals surface area (Å²) in [5.74, 6) is 0.712. The van der Waals surface area contributed by atoms with Crippen molar-refractivity contribution in [1.29, 1.82) is 0 Å². The summed E-state index contributed by atoms with van der Waals surface area (Å²) in [5, 5.41) is 4.64. The molecule has 1 aromatic carbocycles. The first-order valence-corrected chi connectivity index (χ1v) is 7.88. The highest BCUT2D eigenvalue weighted by Crippen LogP contribution is 2.33. The van der Waals surface area contributed by atoms with E-state index in [-0.39, 0.29) is 0 Å². The predicted molar refractivity (Wildman–Crippen MR) is 82.9 cm³/mol. The van der Waals surface area contributed by atoms with Gasteiger partial charge in [-0.15, -0.1) is 0 Å². The Morgan fingerprint density at radius 3 is 2.70 bits per heavy atom. The molecule has 0 aliphatic heterocycles. The van der Waals surface area contributed by atoms with E-state index in [1.807, 2.05) is 6.07 Å². The lowest BCUT2D eigenvalue weighted by molar-refractivity contribution is 0.100. The minimum Gasteiger partial charge on any atom is -0.489 e. The quantitative estimate of drug-likeness (QED) is 0.697. The molecule has 1 fully saturated rings. The molecule has 0 unspecified atom stereocenters. The molecule has 1 aliphatic carbocycles. The standard InChI is InChI=1S/C15H21Cl2NO2/c1-2-5-19-6-7-20-15-11(10-18-13-3-4-13)8-12(16)9-14(15)17/h8-9,13,18H,2-7,10H2,1H3. The molecule has 112 valence electrons. The average Bonchev–Trinajstić information content (AvgIpc) is 3.22. The number of hydrogen-bond donors (Lipinski definition) is 1. The summed E-state index contributed by atoms with van der Waals surface area (Å²) in [6, 6.07) is 4.25. The topological polar surface area (TPSA) is 30.5 Å². The Kier molecular flexibility index (Phi) is 6.43. The Morgan fingerprint density at radius 2 is 2.00 bits per heavy atom. The largest absolute Gasteiger partial charge is 0.489 e. The first-order valence-electron chi connectivity index (χ1n) is 7.12. The van der Waals surface area contributed by atoms with Crippen LogP contribution < -0.4 is 10.1 Å². The van der Waals surface area contributed by atoms with Crippen molar-refractivity contribution in [2.75, 3.05) is 19.8 Å². The Morgan fingerprint density at radius 1 is 1.20 bits per heavy atom. The zero-order valence-electron chi connectivity index (χ0n) is 11.8. The number of benzene rings is 1. The van der Waals surface area contributed by atoms with Crippen LogP contribution >= 0.6 is 23.2 Å². The molecule has 0 atom stereocenters. The van der Waals surface area contributed by atoms with E-state index in [4.69, 9.17) is 32.7 Å². The van der Waals surface area contributed by atoms with Crippen LogP contribution in [0.3, 0.4) is 0 Å². The van der Waals surface area contributed by atoms with Gasteiger partial charge in [0.25, 0.3) is 0 Å². The predicted octanol–water partition coefficient (Wildman–Crippen LogP) is 4.05. The van der Waals surface area contributed by atoms with Gasteiger partial charge in [0.2, 0.25) is 0 Å². The fraction of sp³-hybridized carbons (Fsp3) is 0.600. The summed E-state index contributed by atoms with van der Waals surface area (Å²) in [4.78, 5) is 0. The van der Waals surface area contributed by atoms with E-state index in [9.17, 15) is 0 Å². The molecule has 1 aliphatic rings. The van der Waals surface area contributed by atoms with E-state index in [1.165, 1.54) is 12.8 Å². The Balaban J connectivity index is 1.92. The monoisotopic (exact) mass is 317 g/mol. The zero-order chi connectivity index (χ0) is 14.4. The SMILES string of the molecule is CCCOCCOc1c(Cl)cc(Cl)cc1CNC1CC1. The second-order valence-electron chi connectivity index (χ2n) is 4.99. The summed E-state index contributed by atoms with van der Waals surface area (Å²) in [6.07, 6.45) is 3.50. The van der Waals surface area contributed by atoms with E-state index in [0.717, 1.165) is 25.1 Å². The molecular weight excluding hydrogens is 297 g/mol. The fourth-order valence-corrected chi connectivity index (χ4v) is 2.49. The minimum absolute atomic E-state index is 0.498. The first kappa shape index (κ1) is 15.9. The third-order valence-electron chi connectivity index (χ3n) is 3.07. The Bertz CT molecular complexity index is 436. The molecule has 0 saturated heterocycles. The second-order valence-corrected chi connectivity index (χ2v) is 5.84. The van der Waals surface area contributed by atoms with Gasteiger partial charge in [0.1, 0.15) is 12.4 Å². The number of hydrogen-bond acceptors (Lipinski definition) is 3. The van der Waals surface area contributed by atoms with E-state index in [1.54, 1.807) is 6.07 Å². The van der Waals surface area contributed by atoms with Crippen LogP contribution in [0.2, 0.25) is 10.0 Å². The molecule has 3 nitrogen and oxygen atoms in total. The second kappa shape index (κ2) is 8.08. The van der Waals surface area contributed by atoms with Crippen molar-refractivity contribution in [1.82, 2.24) is 5.32 Å². The number of halogens is 2. The van der Waals surface area contributed by atoms with Gasteiger partial charge in [-0.1, -0.05) is 30.1 Å². The van der Waals surface area contributed by atoms with Gasteiger partial charge in [-0.25, -0.2) is 0 Å². The molecular formula is C15H21Cl2NO2. The van der Waals surface area contributed by atoms with Crippen LogP contribution in [-0.4, -0.2) is 25.9 Å². The van der Waals surface area contributed by atoms with E-state index < -0.39 is 0 Å². The van der Waals surface area contributed by atoms with Crippen molar-refractivity contribution in [3.63, 3.8) is 0 Å². The molecule has 1 N–H and O–H groups in total. The summed E-state index contributed by atoms with van der Waals surface area (Å²) < 4.78 is 11.2. The highest BCUT2D eigenvalue weighted by atomic mass is 35.5. The molecule has 0 radical (unpaired) electrons. The third kappa shape index (κ3) is 5.13. The van der Waals surface area contributed by atoms with E-state index >= 15 is 0 Å². The van der Waals surface area contributed by atoms with Crippen molar-refractivity contribution < 1.29 is 9.47 Å². The molecule has 0 amide bonds. The smallest absolute Gasteiger partial charge is 0.142 e. The summed E-state index contributed by atoms with van der Waals surface area (Å²) >= 11 is 12.3. The van der Waals surface area contributed by atoms with Gasteiger partial charge < -0.3 is 14.8 Å². The fourth-order valence-electron chi connectivity index (χ4n) is 1.90. The van der Waals surface area contributed by atoms with Gasteiger partial charge in [0, 0.05) is 29.8 Å². The van der Waals surface area contributed by atoms with Crippen LogP contribution in [-0.2, 0) is 11.3 Å². The van der Waals surface area contributed by atoms with Crippen LogP contribution in [0, 0.1) is 0 Å². The highest BCUT2D eigenvalue weighted by molar-refractivity contribution is 6.35. The van der Waals surface area contributed by atoms with Gasteiger partial charge in [-0.05, 0) is 31.4 Å². The van der Waals surface area contributed by atoms with Crippen molar-refractivity contribution in [3.05, 3.63) is 27.7 Å². The maximum atomic E-state index is 6.23. The number of ether oxygens (including phenoxy) is 2. The molecule has 1 aromatic rings. The van der Waals surface area contributed by atoms with Crippen LogP contribution in [0.4, 0.5) is 0 Å². The van der Waals surface area contributed by atoms with Crippen LogP contribution in [0.1, 0.15) is 31.7 Å². The van der Waals surface area contributed by atoms with Crippen molar-refractivity contribution in [2.24, 2.45) is 0 Å². The molecule has 1 saturated carbocycles. The third-order valence-corrected chi connectivity index (χ3v) is 3.57. The molecule has 0 heterocycles. The summed E-state index contributed by atoms with van der Waals surface area (Å²) in [7, 11) is 0. The maximum Gasteiger partial charge on any atom is 0.142 e. The van der Waals surface area contributed by atoms with Crippen LogP contribution in [0.15, 0.2) is 12.1 Å². The van der Waals surface area contributed by atoms with Gasteiger partial charge in [0.15, 0.2) is 0 Å². The molecule has 0 bridgehead atoms. The first-order chi connectivity index (χ1) is 9.70. The molecule has 20 heavy (non-hydrogen) atoms. The van der Waals surface area contributed by atoms with Crippen LogP contribution in [0.25, 0.3) is 0 Å². The van der Waals surface area contributed by atoms with Gasteiger partial charge >= 0.3 is 0 Å². The van der Waals surface area contributed by atoms with Crippen molar-refractivity contribution in [3.8, 4) is 5.75 Å². The van der Waals surface area contributed by atoms with E-state index in [0.29, 0.717) is 35.1 Å². The van der Waals surface area contributed by atoms with Crippen molar-refractivity contribution >= 4 is 23.2 Å². The Hall–Kier alpha value is -0.480. The summed E-state index contributed by atoms with van der Waals surface area (Å²) in [6.45, 7) is 4.64. The molecule has 0 spiro atoms. The number of rotatable bonds is 9. The summed E-state index contributed by atoms with van der Waals surface area (Å²) in [5.41, 5.74) is 1.00. The molecule has 2 rings (SSSR count). The maximum absolute atomic E-state index is 6.23. The highest BCUT2D eigenvalue weighted by Gasteiger charge is 2.21. The molecule has 5 heteroatoms. The number of nitrogens with one attached hydrogen (secondary N) is 1. The van der Waals surface area contributed by atoms with E-state index in [2.05, 4.69) is 12.2 Å². The normalized spacial score (nSPS) is 14.6. The minimum atomic E-state index is 0.498. The zero-order valence-corrected chi connectivity index (χ0v) is 13.3.